The topological polar surface area (TPSA) is 0 Å². The van der Waals surface area contributed by atoms with Gasteiger partial charge in [0.15, 0.2) is 0 Å². The maximum absolute atomic E-state index is 5.60. The number of allylic oxidation sites excluding steroid dienone is 4. The van der Waals surface area contributed by atoms with Crippen LogP contribution in [0.25, 0.3) is 5.57 Å². The molecular weight excluding hydrogens is 192 g/mol. The molecule has 0 bridgehead atoms. The number of hydrogen-bond acceptors (Lipinski definition) is 0. The first kappa shape index (κ1) is 10.8. The third-order valence-electron chi connectivity index (χ3n) is 3.29. The van der Waals surface area contributed by atoms with Crippen molar-refractivity contribution in [2.24, 2.45) is 5.41 Å². The van der Waals surface area contributed by atoms with Crippen molar-refractivity contribution in [2.45, 2.75) is 19.8 Å². The highest BCUT2D eigenvalue weighted by Crippen LogP contribution is 2.34. The molecule has 1 aliphatic carbocycles. The lowest BCUT2D eigenvalue weighted by Crippen LogP contribution is -2.15. The van der Waals surface area contributed by atoms with E-state index < -0.39 is 0 Å². The third kappa shape index (κ3) is 1.95. The molecule has 0 saturated carbocycles. The van der Waals surface area contributed by atoms with Crippen LogP contribution in [0.15, 0.2) is 48.6 Å². The van der Waals surface area contributed by atoms with E-state index in [1.54, 1.807) is 0 Å². The molecule has 1 aromatic carbocycles. The second-order valence-electron chi connectivity index (χ2n) is 4.22. The number of rotatable bonds is 2. The van der Waals surface area contributed by atoms with Crippen molar-refractivity contribution >= 4 is 5.57 Å². The smallest absolute Gasteiger partial charge is 0.0526 e. The predicted octanol–water partition coefficient (Wildman–Crippen LogP) is 4.06. The molecule has 0 radical (unpaired) electrons. The van der Waals surface area contributed by atoms with E-state index in [1.165, 1.54) is 11.1 Å². The molecule has 0 spiro atoms. The van der Waals surface area contributed by atoms with Crippen molar-refractivity contribution in [3.05, 3.63) is 54.1 Å². The van der Waals surface area contributed by atoms with Gasteiger partial charge in [-0.2, -0.15) is 0 Å². The van der Waals surface area contributed by atoms with Gasteiger partial charge in [-0.25, -0.2) is 0 Å². The van der Waals surface area contributed by atoms with Crippen LogP contribution >= 0.6 is 0 Å². The summed E-state index contributed by atoms with van der Waals surface area (Å²) in [6, 6.07) is 10.4. The van der Waals surface area contributed by atoms with Gasteiger partial charge in [0.1, 0.15) is 0 Å². The first-order valence-corrected chi connectivity index (χ1v) is 5.72. The molecule has 0 heteroatoms. The molecule has 0 unspecified atom stereocenters. The molecule has 0 heterocycles. The maximum Gasteiger partial charge on any atom is 0.0526 e. The van der Waals surface area contributed by atoms with Crippen molar-refractivity contribution < 1.29 is 0 Å². The Labute approximate surface area is 97.7 Å². The first-order valence-electron chi connectivity index (χ1n) is 5.72. The van der Waals surface area contributed by atoms with Gasteiger partial charge in [0.2, 0.25) is 0 Å². The molecule has 2 rings (SSSR count). The summed E-state index contributed by atoms with van der Waals surface area (Å²) >= 11 is 0. The van der Waals surface area contributed by atoms with Gasteiger partial charge in [0.25, 0.3) is 0 Å². The fraction of sp³-hybridized carbons (Fsp3) is 0.250. The Morgan fingerprint density at radius 1 is 1.31 bits per heavy atom. The van der Waals surface area contributed by atoms with E-state index in [4.69, 9.17) is 6.42 Å². The lowest BCUT2D eigenvalue weighted by atomic mass is 9.78. The highest BCUT2D eigenvalue weighted by atomic mass is 14.3. The molecule has 0 nitrogen and oxygen atoms in total. The van der Waals surface area contributed by atoms with Crippen LogP contribution in [-0.2, 0) is 0 Å². The van der Waals surface area contributed by atoms with Crippen LogP contribution in [0.3, 0.4) is 0 Å². The highest BCUT2D eigenvalue weighted by Gasteiger charge is 2.23. The molecule has 0 aromatic heterocycles. The van der Waals surface area contributed by atoms with Crippen molar-refractivity contribution in [3.63, 3.8) is 0 Å². The number of terminal acetylenes is 1. The Kier molecular flexibility index (Phi) is 2.97. The van der Waals surface area contributed by atoms with Gasteiger partial charge < -0.3 is 0 Å². The van der Waals surface area contributed by atoms with Gasteiger partial charge in [-0.1, -0.05) is 61.4 Å². The van der Waals surface area contributed by atoms with Crippen LogP contribution in [0.1, 0.15) is 25.3 Å². The SMILES string of the molecule is C#C[C@]1(CC)C=CC(c2ccccc2)=CC1. The highest BCUT2D eigenvalue weighted by molar-refractivity contribution is 5.75. The van der Waals surface area contributed by atoms with E-state index in [-0.39, 0.29) is 5.41 Å². The molecule has 1 aliphatic rings. The summed E-state index contributed by atoms with van der Waals surface area (Å²) in [5.74, 6) is 2.91. The summed E-state index contributed by atoms with van der Waals surface area (Å²) in [7, 11) is 0. The molecule has 0 aliphatic heterocycles. The fourth-order valence-electron chi connectivity index (χ4n) is 1.99. The lowest BCUT2D eigenvalue weighted by Gasteiger charge is -2.25. The number of benzene rings is 1. The van der Waals surface area contributed by atoms with Crippen LogP contribution in [0.2, 0.25) is 0 Å². The largest absolute Gasteiger partial charge is 0.119 e. The summed E-state index contributed by atoms with van der Waals surface area (Å²) in [6.07, 6.45) is 14.1. The minimum atomic E-state index is -0.0573. The molecule has 0 amide bonds. The Morgan fingerprint density at radius 2 is 2.06 bits per heavy atom. The number of hydrogen-bond donors (Lipinski definition) is 0. The average molecular weight is 208 g/mol. The Hall–Kier alpha value is -1.74. The minimum Gasteiger partial charge on any atom is -0.119 e. The second kappa shape index (κ2) is 4.41. The Bertz CT molecular complexity index is 457. The van der Waals surface area contributed by atoms with Gasteiger partial charge in [-0.3, -0.25) is 0 Å². The van der Waals surface area contributed by atoms with E-state index in [1.807, 2.05) is 6.07 Å². The molecule has 1 aromatic rings. The molecule has 80 valence electrons. The summed E-state index contributed by atoms with van der Waals surface area (Å²) in [6.45, 7) is 2.14. The summed E-state index contributed by atoms with van der Waals surface area (Å²) < 4.78 is 0. The lowest BCUT2D eigenvalue weighted by molar-refractivity contribution is 0.500. The molecule has 16 heavy (non-hydrogen) atoms. The van der Waals surface area contributed by atoms with E-state index in [9.17, 15) is 0 Å². The van der Waals surface area contributed by atoms with E-state index in [0.29, 0.717) is 0 Å². The zero-order chi connectivity index (χ0) is 11.4. The van der Waals surface area contributed by atoms with Crippen LogP contribution in [0.5, 0.6) is 0 Å². The molecule has 1 atom stereocenters. The fourth-order valence-corrected chi connectivity index (χ4v) is 1.99. The van der Waals surface area contributed by atoms with Crippen molar-refractivity contribution in [1.29, 1.82) is 0 Å². The molecule has 0 saturated heterocycles. The summed E-state index contributed by atoms with van der Waals surface area (Å²) in [4.78, 5) is 0. The Balaban J connectivity index is 2.24. The second-order valence-corrected chi connectivity index (χ2v) is 4.22. The van der Waals surface area contributed by atoms with Crippen molar-refractivity contribution in [1.82, 2.24) is 0 Å². The van der Waals surface area contributed by atoms with Crippen molar-refractivity contribution in [3.8, 4) is 12.3 Å². The van der Waals surface area contributed by atoms with Gasteiger partial charge in [0, 0.05) is 0 Å². The summed E-state index contributed by atoms with van der Waals surface area (Å²) in [5.41, 5.74) is 2.48. The van der Waals surface area contributed by atoms with Gasteiger partial charge in [-0.15, -0.1) is 6.42 Å². The van der Waals surface area contributed by atoms with Crippen LogP contribution in [0.4, 0.5) is 0 Å². The average Bonchev–Trinajstić information content (AvgIpc) is 2.40. The monoisotopic (exact) mass is 208 g/mol. The first-order chi connectivity index (χ1) is 7.79. The van der Waals surface area contributed by atoms with Gasteiger partial charge in [-0.05, 0) is 24.0 Å². The van der Waals surface area contributed by atoms with Crippen LogP contribution in [0, 0.1) is 17.8 Å². The molecular formula is C16H16. The van der Waals surface area contributed by atoms with E-state index in [0.717, 1.165) is 12.8 Å². The van der Waals surface area contributed by atoms with Gasteiger partial charge in [0.05, 0.1) is 5.41 Å². The summed E-state index contributed by atoms with van der Waals surface area (Å²) in [5, 5.41) is 0. The van der Waals surface area contributed by atoms with Crippen molar-refractivity contribution in [2.75, 3.05) is 0 Å². The Morgan fingerprint density at radius 3 is 2.56 bits per heavy atom. The molecule has 0 N–H and O–H groups in total. The van der Waals surface area contributed by atoms with Crippen LogP contribution < -0.4 is 0 Å². The standard InChI is InChI=1S/C16H16/c1-3-16(4-2)12-10-15(11-13-16)14-8-6-5-7-9-14/h1,5-12H,4,13H2,2H3/t16-/m0/s1. The minimum absolute atomic E-state index is 0.0573. The van der Waals surface area contributed by atoms with E-state index in [2.05, 4.69) is 55.3 Å². The zero-order valence-electron chi connectivity index (χ0n) is 9.61. The van der Waals surface area contributed by atoms with E-state index >= 15 is 0 Å². The third-order valence-corrected chi connectivity index (χ3v) is 3.29. The van der Waals surface area contributed by atoms with Crippen LogP contribution in [-0.4, -0.2) is 0 Å². The normalized spacial score (nSPS) is 23.6. The van der Waals surface area contributed by atoms with Gasteiger partial charge >= 0.3 is 0 Å². The zero-order valence-corrected chi connectivity index (χ0v) is 9.61. The quantitative estimate of drug-likeness (QED) is 0.643. The maximum atomic E-state index is 5.60. The molecule has 0 fully saturated rings. The predicted molar refractivity (Wildman–Crippen MR) is 69.7 cm³/mol.